The molecular weight excluding hydrogens is 216 g/mol. The zero-order valence-corrected chi connectivity index (χ0v) is 10.6. The number of nitrogens with one attached hydrogen (secondary N) is 2. The minimum absolute atomic E-state index is 0.611. The maximum atomic E-state index is 4.13. The van der Waals surface area contributed by atoms with Crippen molar-refractivity contribution >= 4 is 5.96 Å². The molecule has 0 saturated heterocycles. The Morgan fingerprint density at radius 2 is 2.35 bits per heavy atom. The Bertz CT molecular complexity index is 379. The second-order valence-electron chi connectivity index (χ2n) is 3.51. The quantitative estimate of drug-likeness (QED) is 0.337. The van der Waals surface area contributed by atoms with Crippen LogP contribution in [0.25, 0.3) is 0 Å². The Morgan fingerprint density at radius 3 is 2.94 bits per heavy atom. The minimum Gasteiger partial charge on any atom is -0.356 e. The molecule has 0 aliphatic carbocycles. The molecule has 0 unspecified atom stereocenters. The van der Waals surface area contributed by atoms with Crippen LogP contribution in [0.1, 0.15) is 19.2 Å². The van der Waals surface area contributed by atoms with Gasteiger partial charge in [0.1, 0.15) is 12.2 Å². The number of guanidine groups is 1. The molecule has 1 aromatic heterocycles. The lowest BCUT2D eigenvalue weighted by molar-refractivity contribution is 0.673. The minimum atomic E-state index is 0.611. The molecule has 0 fully saturated rings. The van der Waals surface area contributed by atoms with E-state index in [0.29, 0.717) is 6.54 Å². The van der Waals surface area contributed by atoms with E-state index in [1.54, 1.807) is 18.1 Å². The van der Waals surface area contributed by atoms with Crippen LogP contribution in [-0.4, -0.2) is 34.3 Å². The van der Waals surface area contributed by atoms with E-state index in [1.165, 1.54) is 0 Å². The van der Waals surface area contributed by atoms with Crippen molar-refractivity contribution in [2.24, 2.45) is 12.0 Å². The standard InChI is InChI=1S/C11H20N6/c1-4-5-6-7-13-11(12-2)14-8-10-15-9-16-17(10)3/h4-5,9H,6-8H2,1-3H3,(H2,12,13,14)/b5-4+. The number of aryl methyl sites for hydroxylation is 1. The summed E-state index contributed by atoms with van der Waals surface area (Å²) in [5.74, 6) is 1.65. The maximum absolute atomic E-state index is 4.13. The number of hydrogen-bond donors (Lipinski definition) is 2. The fourth-order valence-electron chi connectivity index (χ4n) is 1.30. The Morgan fingerprint density at radius 1 is 1.53 bits per heavy atom. The van der Waals surface area contributed by atoms with E-state index >= 15 is 0 Å². The van der Waals surface area contributed by atoms with Gasteiger partial charge in [0, 0.05) is 20.6 Å². The van der Waals surface area contributed by atoms with Crippen molar-refractivity contribution in [3.05, 3.63) is 24.3 Å². The van der Waals surface area contributed by atoms with Gasteiger partial charge in [-0.25, -0.2) is 4.98 Å². The van der Waals surface area contributed by atoms with Crippen molar-refractivity contribution in [1.29, 1.82) is 0 Å². The first-order valence-corrected chi connectivity index (χ1v) is 5.66. The topological polar surface area (TPSA) is 67.1 Å². The molecule has 0 bridgehead atoms. The van der Waals surface area contributed by atoms with E-state index in [9.17, 15) is 0 Å². The Hall–Kier alpha value is -1.85. The van der Waals surface area contributed by atoms with Crippen LogP contribution < -0.4 is 10.6 Å². The Kier molecular flexibility index (Phi) is 5.77. The fraction of sp³-hybridized carbons (Fsp3) is 0.545. The van der Waals surface area contributed by atoms with Crippen LogP contribution in [0.15, 0.2) is 23.5 Å². The third-order valence-corrected chi connectivity index (χ3v) is 2.28. The molecule has 6 heteroatoms. The van der Waals surface area contributed by atoms with Crippen molar-refractivity contribution < 1.29 is 0 Å². The number of nitrogens with zero attached hydrogens (tertiary/aromatic N) is 4. The van der Waals surface area contributed by atoms with Gasteiger partial charge in [-0.2, -0.15) is 5.10 Å². The normalized spacial score (nSPS) is 12.1. The third kappa shape index (κ3) is 4.67. The largest absolute Gasteiger partial charge is 0.356 e. The van der Waals surface area contributed by atoms with E-state index < -0.39 is 0 Å². The lowest BCUT2D eigenvalue weighted by atomic mass is 10.4. The molecule has 1 aromatic rings. The number of hydrogen-bond acceptors (Lipinski definition) is 3. The van der Waals surface area contributed by atoms with Crippen molar-refractivity contribution in [2.45, 2.75) is 19.9 Å². The fourth-order valence-corrected chi connectivity index (χ4v) is 1.30. The van der Waals surface area contributed by atoms with Gasteiger partial charge in [-0.05, 0) is 13.3 Å². The number of allylic oxidation sites excluding steroid dienone is 1. The highest BCUT2D eigenvalue weighted by molar-refractivity contribution is 5.79. The number of aromatic nitrogens is 3. The van der Waals surface area contributed by atoms with E-state index in [1.807, 2.05) is 20.0 Å². The molecule has 0 atom stereocenters. The maximum Gasteiger partial charge on any atom is 0.191 e. The molecule has 0 amide bonds. The Labute approximate surface area is 102 Å². The summed E-state index contributed by atoms with van der Waals surface area (Å²) in [5.41, 5.74) is 0. The highest BCUT2D eigenvalue weighted by Gasteiger charge is 2.01. The molecular formula is C11H20N6. The summed E-state index contributed by atoms with van der Waals surface area (Å²) in [6, 6.07) is 0. The molecule has 0 radical (unpaired) electrons. The summed E-state index contributed by atoms with van der Waals surface area (Å²) in [7, 11) is 3.62. The second kappa shape index (κ2) is 7.43. The monoisotopic (exact) mass is 236 g/mol. The molecule has 0 spiro atoms. The van der Waals surface area contributed by atoms with E-state index in [4.69, 9.17) is 0 Å². The van der Waals surface area contributed by atoms with Gasteiger partial charge >= 0.3 is 0 Å². The molecule has 0 aliphatic rings. The van der Waals surface area contributed by atoms with Crippen LogP contribution in [0.3, 0.4) is 0 Å². The average Bonchev–Trinajstić information content (AvgIpc) is 2.74. The van der Waals surface area contributed by atoms with Crippen molar-refractivity contribution in [3.8, 4) is 0 Å². The van der Waals surface area contributed by atoms with Crippen molar-refractivity contribution in [3.63, 3.8) is 0 Å². The SMILES string of the molecule is C/C=C/CCNC(=NC)NCc1ncnn1C. The molecule has 6 nitrogen and oxygen atoms in total. The van der Waals surface area contributed by atoms with Gasteiger partial charge in [-0.3, -0.25) is 9.67 Å². The highest BCUT2D eigenvalue weighted by atomic mass is 15.3. The van der Waals surface area contributed by atoms with Gasteiger partial charge in [0.05, 0.1) is 6.54 Å². The summed E-state index contributed by atoms with van der Waals surface area (Å²) >= 11 is 0. The summed E-state index contributed by atoms with van der Waals surface area (Å²) in [6.45, 7) is 3.49. The second-order valence-corrected chi connectivity index (χ2v) is 3.51. The zero-order chi connectivity index (χ0) is 12.5. The van der Waals surface area contributed by atoms with Crippen LogP contribution in [0.4, 0.5) is 0 Å². The van der Waals surface area contributed by atoms with Crippen LogP contribution in [0.2, 0.25) is 0 Å². The van der Waals surface area contributed by atoms with Gasteiger partial charge in [0.25, 0.3) is 0 Å². The van der Waals surface area contributed by atoms with Crippen molar-refractivity contribution in [1.82, 2.24) is 25.4 Å². The lowest BCUT2D eigenvalue weighted by Crippen LogP contribution is -2.37. The summed E-state index contributed by atoms with van der Waals surface area (Å²) in [4.78, 5) is 8.25. The van der Waals surface area contributed by atoms with Gasteiger partial charge in [0.2, 0.25) is 0 Å². The van der Waals surface area contributed by atoms with Gasteiger partial charge in [0.15, 0.2) is 5.96 Å². The average molecular weight is 236 g/mol. The number of aliphatic imine (C=N–C) groups is 1. The lowest BCUT2D eigenvalue weighted by Gasteiger charge is -2.10. The molecule has 0 saturated carbocycles. The van der Waals surface area contributed by atoms with Crippen LogP contribution in [-0.2, 0) is 13.6 Å². The predicted molar refractivity (Wildman–Crippen MR) is 68.6 cm³/mol. The van der Waals surface area contributed by atoms with Crippen LogP contribution in [0.5, 0.6) is 0 Å². The molecule has 2 N–H and O–H groups in total. The van der Waals surface area contributed by atoms with Crippen LogP contribution in [0, 0.1) is 0 Å². The molecule has 1 rings (SSSR count). The first kappa shape index (κ1) is 13.2. The molecule has 17 heavy (non-hydrogen) atoms. The van der Waals surface area contributed by atoms with E-state index in [0.717, 1.165) is 24.7 Å². The molecule has 94 valence electrons. The third-order valence-electron chi connectivity index (χ3n) is 2.28. The summed E-state index contributed by atoms with van der Waals surface area (Å²) in [5, 5.41) is 10.4. The molecule has 1 heterocycles. The molecule has 0 aliphatic heterocycles. The predicted octanol–water partition coefficient (Wildman–Crippen LogP) is 0.446. The van der Waals surface area contributed by atoms with E-state index in [-0.39, 0.29) is 0 Å². The van der Waals surface area contributed by atoms with Gasteiger partial charge < -0.3 is 10.6 Å². The number of rotatable bonds is 5. The highest BCUT2D eigenvalue weighted by Crippen LogP contribution is 1.89. The Balaban J connectivity index is 2.31. The summed E-state index contributed by atoms with van der Waals surface area (Å²) < 4.78 is 1.74. The zero-order valence-electron chi connectivity index (χ0n) is 10.6. The van der Waals surface area contributed by atoms with Crippen molar-refractivity contribution in [2.75, 3.05) is 13.6 Å². The molecule has 0 aromatic carbocycles. The van der Waals surface area contributed by atoms with Crippen LogP contribution >= 0.6 is 0 Å². The smallest absolute Gasteiger partial charge is 0.191 e. The first-order chi connectivity index (χ1) is 8.27. The van der Waals surface area contributed by atoms with E-state index in [2.05, 4.69) is 31.8 Å². The van der Waals surface area contributed by atoms with Gasteiger partial charge in [-0.1, -0.05) is 12.2 Å². The van der Waals surface area contributed by atoms with Gasteiger partial charge in [-0.15, -0.1) is 0 Å². The summed E-state index contributed by atoms with van der Waals surface area (Å²) in [6.07, 6.45) is 6.68. The first-order valence-electron chi connectivity index (χ1n) is 5.66.